The van der Waals surface area contributed by atoms with Gasteiger partial charge in [0.15, 0.2) is 0 Å². The van der Waals surface area contributed by atoms with Gasteiger partial charge in [-0.15, -0.1) is 0 Å². The molecular weight excluding hydrogens is 278 g/mol. The first kappa shape index (κ1) is 16.7. The summed E-state index contributed by atoms with van der Waals surface area (Å²) in [5, 5.41) is 3.45. The highest BCUT2D eigenvalue weighted by Gasteiger charge is 2.26. The van der Waals surface area contributed by atoms with Crippen molar-refractivity contribution in [2.75, 3.05) is 11.4 Å². The molecular formula is C17H27N3O2. The van der Waals surface area contributed by atoms with E-state index in [2.05, 4.69) is 10.3 Å². The van der Waals surface area contributed by atoms with Crippen LogP contribution in [0.1, 0.15) is 59.1 Å². The SMILES string of the molecule is CC(C)N(C(=O)OC(C)(C)C)c1ccc(C2CCCN2)cn1. The third-order valence-electron chi connectivity index (χ3n) is 3.59. The van der Waals surface area contributed by atoms with E-state index in [9.17, 15) is 4.79 Å². The predicted octanol–water partition coefficient (Wildman–Crippen LogP) is 3.66. The van der Waals surface area contributed by atoms with Gasteiger partial charge in [0.25, 0.3) is 0 Å². The van der Waals surface area contributed by atoms with Gasteiger partial charge in [0.1, 0.15) is 11.4 Å². The number of carbonyl (C=O) groups excluding carboxylic acids is 1. The van der Waals surface area contributed by atoms with E-state index in [0.29, 0.717) is 11.9 Å². The Morgan fingerprint density at radius 3 is 2.59 bits per heavy atom. The summed E-state index contributed by atoms with van der Waals surface area (Å²) in [5.74, 6) is 0.631. The molecule has 1 aliphatic rings. The van der Waals surface area contributed by atoms with Crippen LogP contribution >= 0.6 is 0 Å². The zero-order valence-electron chi connectivity index (χ0n) is 14.2. The molecule has 1 aromatic rings. The highest BCUT2D eigenvalue weighted by atomic mass is 16.6. The summed E-state index contributed by atoms with van der Waals surface area (Å²) >= 11 is 0. The molecule has 0 spiro atoms. The molecule has 1 aromatic heterocycles. The standard InChI is InChI=1S/C17H27N3O2/c1-12(2)20(16(21)22-17(3,4)5)15-9-8-13(11-19-15)14-7-6-10-18-14/h8-9,11-12,14,18H,6-7,10H2,1-5H3. The molecule has 1 unspecified atom stereocenters. The third kappa shape index (κ3) is 4.19. The average Bonchev–Trinajstić information content (AvgIpc) is 2.91. The Morgan fingerprint density at radius 1 is 1.41 bits per heavy atom. The normalized spacial score (nSPS) is 18.5. The van der Waals surface area contributed by atoms with E-state index in [1.165, 1.54) is 12.0 Å². The fourth-order valence-corrected chi connectivity index (χ4v) is 2.60. The molecule has 122 valence electrons. The zero-order valence-corrected chi connectivity index (χ0v) is 14.2. The fourth-order valence-electron chi connectivity index (χ4n) is 2.60. The number of carbonyl (C=O) groups is 1. The molecule has 0 aliphatic carbocycles. The van der Waals surface area contributed by atoms with Crippen molar-refractivity contribution in [3.8, 4) is 0 Å². The molecule has 1 saturated heterocycles. The minimum absolute atomic E-state index is 0.0159. The van der Waals surface area contributed by atoms with E-state index in [1.807, 2.05) is 52.9 Å². The van der Waals surface area contributed by atoms with Gasteiger partial charge in [0.05, 0.1) is 0 Å². The smallest absolute Gasteiger partial charge is 0.416 e. The van der Waals surface area contributed by atoms with Gasteiger partial charge in [0, 0.05) is 18.3 Å². The van der Waals surface area contributed by atoms with Gasteiger partial charge in [-0.05, 0) is 65.6 Å². The third-order valence-corrected chi connectivity index (χ3v) is 3.59. The van der Waals surface area contributed by atoms with Crippen LogP contribution in [-0.2, 0) is 4.74 Å². The van der Waals surface area contributed by atoms with Gasteiger partial charge >= 0.3 is 6.09 Å². The first-order valence-corrected chi connectivity index (χ1v) is 7.99. The number of amides is 1. The lowest BCUT2D eigenvalue weighted by molar-refractivity contribution is 0.0569. The molecule has 2 heterocycles. The largest absolute Gasteiger partial charge is 0.443 e. The Labute approximate surface area is 133 Å². The molecule has 1 fully saturated rings. The van der Waals surface area contributed by atoms with E-state index in [4.69, 9.17) is 4.74 Å². The number of nitrogens with zero attached hydrogens (tertiary/aromatic N) is 2. The zero-order chi connectivity index (χ0) is 16.3. The molecule has 1 N–H and O–H groups in total. The summed E-state index contributed by atoms with van der Waals surface area (Å²) < 4.78 is 5.48. The van der Waals surface area contributed by atoms with Crippen molar-refractivity contribution in [3.05, 3.63) is 23.9 Å². The summed E-state index contributed by atoms with van der Waals surface area (Å²) in [6.45, 7) is 10.6. The minimum atomic E-state index is -0.516. The molecule has 22 heavy (non-hydrogen) atoms. The van der Waals surface area contributed by atoms with Crippen molar-refractivity contribution in [1.82, 2.24) is 10.3 Å². The van der Waals surface area contributed by atoms with Gasteiger partial charge in [-0.2, -0.15) is 0 Å². The van der Waals surface area contributed by atoms with Crippen LogP contribution < -0.4 is 10.2 Å². The lowest BCUT2D eigenvalue weighted by Crippen LogP contribution is -2.41. The maximum absolute atomic E-state index is 12.4. The number of rotatable bonds is 3. The van der Waals surface area contributed by atoms with Crippen molar-refractivity contribution in [2.45, 2.75) is 65.1 Å². The van der Waals surface area contributed by atoms with Crippen LogP contribution in [0.4, 0.5) is 10.6 Å². The molecule has 1 atom stereocenters. The predicted molar refractivity (Wildman–Crippen MR) is 88.1 cm³/mol. The number of hydrogen-bond donors (Lipinski definition) is 1. The molecule has 1 amide bonds. The van der Waals surface area contributed by atoms with E-state index in [0.717, 1.165) is 13.0 Å². The second kappa shape index (κ2) is 6.65. The van der Waals surface area contributed by atoms with Crippen LogP contribution in [0.5, 0.6) is 0 Å². The van der Waals surface area contributed by atoms with Crippen LogP contribution in [0.25, 0.3) is 0 Å². The van der Waals surface area contributed by atoms with Gasteiger partial charge < -0.3 is 10.1 Å². The van der Waals surface area contributed by atoms with Crippen LogP contribution in [0, 0.1) is 0 Å². The summed E-state index contributed by atoms with van der Waals surface area (Å²) in [4.78, 5) is 18.5. The topological polar surface area (TPSA) is 54.5 Å². The molecule has 0 radical (unpaired) electrons. The quantitative estimate of drug-likeness (QED) is 0.926. The van der Waals surface area contributed by atoms with Gasteiger partial charge in [-0.25, -0.2) is 9.78 Å². The van der Waals surface area contributed by atoms with Crippen molar-refractivity contribution in [1.29, 1.82) is 0 Å². The number of ether oxygens (including phenoxy) is 1. The lowest BCUT2D eigenvalue weighted by Gasteiger charge is -2.29. The van der Waals surface area contributed by atoms with Crippen LogP contribution in [0.3, 0.4) is 0 Å². The first-order chi connectivity index (χ1) is 10.3. The number of aromatic nitrogens is 1. The molecule has 1 aliphatic heterocycles. The summed E-state index contributed by atoms with van der Waals surface area (Å²) in [6.07, 6.45) is 3.84. The van der Waals surface area contributed by atoms with Gasteiger partial charge in [0.2, 0.25) is 0 Å². The summed E-state index contributed by atoms with van der Waals surface area (Å²) in [5.41, 5.74) is 0.659. The Balaban J connectivity index is 2.16. The fraction of sp³-hybridized carbons (Fsp3) is 0.647. The minimum Gasteiger partial charge on any atom is -0.443 e. The Bertz CT molecular complexity index is 500. The van der Waals surface area contributed by atoms with E-state index in [1.54, 1.807) is 4.90 Å². The second-order valence-electron chi connectivity index (χ2n) is 7.04. The molecule has 0 bridgehead atoms. The summed E-state index contributed by atoms with van der Waals surface area (Å²) in [6, 6.07) is 4.32. The van der Waals surface area contributed by atoms with E-state index in [-0.39, 0.29) is 12.1 Å². The molecule has 5 nitrogen and oxygen atoms in total. The molecule has 0 aromatic carbocycles. The lowest BCUT2D eigenvalue weighted by atomic mass is 10.1. The van der Waals surface area contributed by atoms with Crippen molar-refractivity contribution in [3.63, 3.8) is 0 Å². The summed E-state index contributed by atoms with van der Waals surface area (Å²) in [7, 11) is 0. The second-order valence-corrected chi connectivity index (χ2v) is 7.04. The van der Waals surface area contributed by atoms with Crippen LogP contribution in [-0.4, -0.2) is 29.3 Å². The van der Waals surface area contributed by atoms with Crippen molar-refractivity contribution in [2.24, 2.45) is 0 Å². The van der Waals surface area contributed by atoms with Gasteiger partial charge in [-0.1, -0.05) is 6.07 Å². The Kier molecular flexibility index (Phi) is 5.06. The van der Waals surface area contributed by atoms with E-state index < -0.39 is 5.60 Å². The van der Waals surface area contributed by atoms with Crippen molar-refractivity contribution < 1.29 is 9.53 Å². The maximum Gasteiger partial charge on any atom is 0.416 e. The molecule has 5 heteroatoms. The first-order valence-electron chi connectivity index (χ1n) is 7.99. The van der Waals surface area contributed by atoms with Crippen LogP contribution in [0.15, 0.2) is 18.3 Å². The Hall–Kier alpha value is -1.62. The number of nitrogens with one attached hydrogen (secondary N) is 1. The number of anilines is 1. The molecule has 0 saturated carbocycles. The monoisotopic (exact) mass is 305 g/mol. The van der Waals surface area contributed by atoms with Crippen molar-refractivity contribution >= 4 is 11.9 Å². The highest BCUT2D eigenvalue weighted by molar-refractivity contribution is 5.87. The number of pyridine rings is 1. The average molecular weight is 305 g/mol. The highest BCUT2D eigenvalue weighted by Crippen LogP contribution is 2.25. The number of hydrogen-bond acceptors (Lipinski definition) is 4. The molecule has 2 rings (SSSR count). The van der Waals surface area contributed by atoms with Gasteiger partial charge in [-0.3, -0.25) is 4.90 Å². The van der Waals surface area contributed by atoms with Crippen LogP contribution in [0.2, 0.25) is 0 Å². The Morgan fingerprint density at radius 2 is 2.14 bits per heavy atom. The maximum atomic E-state index is 12.4. The van der Waals surface area contributed by atoms with E-state index >= 15 is 0 Å².